The van der Waals surface area contributed by atoms with Crippen molar-refractivity contribution in [2.75, 3.05) is 11.9 Å². The number of nitrogens with zero attached hydrogens (tertiary/aromatic N) is 3. The predicted molar refractivity (Wildman–Crippen MR) is 95.3 cm³/mol. The van der Waals surface area contributed by atoms with Crippen molar-refractivity contribution < 1.29 is 4.79 Å². The first kappa shape index (κ1) is 15.1. The first-order chi connectivity index (χ1) is 11.7. The quantitative estimate of drug-likeness (QED) is 0.737. The second-order valence-electron chi connectivity index (χ2n) is 6.08. The van der Waals surface area contributed by atoms with E-state index in [2.05, 4.69) is 20.5 Å². The van der Waals surface area contributed by atoms with E-state index < -0.39 is 0 Å². The molecule has 2 amide bonds. The third-order valence-corrected chi connectivity index (χ3v) is 5.35. The van der Waals surface area contributed by atoms with Crippen molar-refractivity contribution in [1.82, 2.24) is 20.1 Å². The number of urea groups is 1. The SMILES string of the molecule is Cc1nc2ccc(NC(=O)N3CCCC[C@@H]3c3cn[nH]c3)cc2s1. The largest absolute Gasteiger partial charge is 0.322 e. The second kappa shape index (κ2) is 6.24. The fourth-order valence-electron chi connectivity index (χ4n) is 3.28. The van der Waals surface area contributed by atoms with Crippen LogP contribution in [0.4, 0.5) is 10.5 Å². The van der Waals surface area contributed by atoms with Crippen LogP contribution >= 0.6 is 11.3 Å². The minimum atomic E-state index is -0.0542. The highest BCUT2D eigenvalue weighted by atomic mass is 32.1. The Bertz CT molecular complexity index is 857. The summed E-state index contributed by atoms with van der Waals surface area (Å²) in [5.41, 5.74) is 2.86. The molecule has 1 fully saturated rings. The highest BCUT2D eigenvalue weighted by Gasteiger charge is 2.28. The van der Waals surface area contributed by atoms with E-state index in [0.717, 1.165) is 52.3 Å². The van der Waals surface area contributed by atoms with Crippen LogP contribution in [0, 0.1) is 6.92 Å². The van der Waals surface area contributed by atoms with Gasteiger partial charge in [-0.1, -0.05) is 0 Å². The molecular formula is C17H19N5OS. The van der Waals surface area contributed by atoms with Gasteiger partial charge in [-0.25, -0.2) is 9.78 Å². The highest BCUT2D eigenvalue weighted by Crippen LogP contribution is 2.31. The monoisotopic (exact) mass is 341 g/mol. The number of anilines is 1. The fraction of sp³-hybridized carbons (Fsp3) is 0.353. The molecule has 2 aromatic heterocycles. The van der Waals surface area contributed by atoms with Crippen LogP contribution in [0.25, 0.3) is 10.2 Å². The van der Waals surface area contributed by atoms with Gasteiger partial charge in [-0.2, -0.15) is 5.10 Å². The van der Waals surface area contributed by atoms with Crippen LogP contribution in [0.3, 0.4) is 0 Å². The van der Waals surface area contributed by atoms with Gasteiger partial charge in [0.25, 0.3) is 0 Å². The number of carbonyl (C=O) groups excluding carboxylic acids is 1. The molecule has 7 heteroatoms. The van der Waals surface area contributed by atoms with Crippen LogP contribution < -0.4 is 5.32 Å². The molecule has 1 atom stereocenters. The predicted octanol–water partition coefficient (Wildman–Crippen LogP) is 4.09. The summed E-state index contributed by atoms with van der Waals surface area (Å²) in [6.07, 6.45) is 6.82. The van der Waals surface area contributed by atoms with Gasteiger partial charge in [0.1, 0.15) is 0 Å². The Morgan fingerprint density at radius 2 is 2.33 bits per heavy atom. The van der Waals surface area contributed by atoms with Gasteiger partial charge in [-0.15, -0.1) is 11.3 Å². The van der Waals surface area contributed by atoms with Crippen LogP contribution in [0.15, 0.2) is 30.6 Å². The van der Waals surface area contributed by atoms with Gasteiger partial charge in [0.05, 0.1) is 27.5 Å². The fourth-order valence-corrected chi connectivity index (χ4v) is 4.14. The Labute approximate surface area is 143 Å². The van der Waals surface area contributed by atoms with E-state index in [4.69, 9.17) is 0 Å². The van der Waals surface area contributed by atoms with Crippen molar-refractivity contribution in [2.45, 2.75) is 32.2 Å². The van der Waals surface area contributed by atoms with E-state index in [0.29, 0.717) is 0 Å². The van der Waals surface area contributed by atoms with Gasteiger partial charge in [-0.05, 0) is 44.4 Å². The number of nitrogens with one attached hydrogen (secondary N) is 2. The number of piperidine rings is 1. The summed E-state index contributed by atoms with van der Waals surface area (Å²) in [4.78, 5) is 19.2. The third kappa shape index (κ3) is 2.87. The van der Waals surface area contributed by atoms with Crippen LogP contribution in [-0.4, -0.2) is 32.7 Å². The summed E-state index contributed by atoms with van der Waals surface area (Å²) < 4.78 is 1.09. The molecule has 1 saturated heterocycles. The first-order valence-corrected chi connectivity index (χ1v) is 8.96. The summed E-state index contributed by atoms with van der Waals surface area (Å²) in [6.45, 7) is 2.76. The zero-order valence-electron chi connectivity index (χ0n) is 13.5. The lowest BCUT2D eigenvalue weighted by Gasteiger charge is -2.35. The third-order valence-electron chi connectivity index (χ3n) is 4.41. The number of aryl methyl sites for hydroxylation is 1. The Morgan fingerprint density at radius 3 is 3.17 bits per heavy atom. The molecule has 1 aromatic carbocycles. The lowest BCUT2D eigenvalue weighted by molar-refractivity contribution is 0.163. The summed E-state index contributed by atoms with van der Waals surface area (Å²) in [7, 11) is 0. The molecule has 4 rings (SSSR count). The molecule has 0 saturated carbocycles. The molecule has 3 heterocycles. The molecule has 0 spiro atoms. The number of rotatable bonds is 2. The van der Waals surface area contributed by atoms with Crippen molar-refractivity contribution in [3.8, 4) is 0 Å². The van der Waals surface area contributed by atoms with Crippen molar-refractivity contribution >= 4 is 33.3 Å². The molecule has 3 aromatic rings. The zero-order chi connectivity index (χ0) is 16.5. The van der Waals surface area contributed by atoms with E-state index >= 15 is 0 Å². The molecular weight excluding hydrogens is 322 g/mol. The second-order valence-corrected chi connectivity index (χ2v) is 7.32. The van der Waals surface area contributed by atoms with Gasteiger partial charge < -0.3 is 10.2 Å². The zero-order valence-corrected chi connectivity index (χ0v) is 14.3. The lowest BCUT2D eigenvalue weighted by atomic mass is 9.98. The molecule has 24 heavy (non-hydrogen) atoms. The minimum Gasteiger partial charge on any atom is -0.317 e. The van der Waals surface area contributed by atoms with Crippen molar-refractivity contribution in [3.63, 3.8) is 0 Å². The Balaban J connectivity index is 1.54. The summed E-state index contributed by atoms with van der Waals surface area (Å²) in [5.74, 6) is 0. The standard InChI is InChI=1S/C17H19N5OS/c1-11-20-14-6-5-13(8-16(14)24-11)21-17(23)22-7-3-2-4-15(22)12-9-18-19-10-12/h5-6,8-10,15H,2-4,7H2,1H3,(H,18,19)(H,21,23)/t15-/m1/s1. The molecule has 2 N–H and O–H groups in total. The Kier molecular flexibility index (Phi) is 3.93. The maximum Gasteiger partial charge on any atom is 0.322 e. The molecule has 0 unspecified atom stereocenters. The van der Waals surface area contributed by atoms with Crippen molar-refractivity contribution in [2.24, 2.45) is 0 Å². The minimum absolute atomic E-state index is 0.0542. The topological polar surface area (TPSA) is 73.9 Å². The number of amides is 2. The van der Waals surface area contributed by atoms with E-state index in [1.165, 1.54) is 0 Å². The van der Waals surface area contributed by atoms with E-state index in [9.17, 15) is 4.79 Å². The average molecular weight is 341 g/mol. The Morgan fingerprint density at radius 1 is 1.42 bits per heavy atom. The molecule has 0 aliphatic carbocycles. The first-order valence-electron chi connectivity index (χ1n) is 8.14. The number of thiazole rings is 1. The number of fused-ring (bicyclic) bond motifs is 1. The number of aromatic nitrogens is 3. The summed E-state index contributed by atoms with van der Waals surface area (Å²) in [5, 5.41) is 10.9. The molecule has 6 nitrogen and oxygen atoms in total. The summed E-state index contributed by atoms with van der Waals surface area (Å²) in [6, 6.07) is 5.90. The van der Waals surface area contributed by atoms with Gasteiger partial charge >= 0.3 is 6.03 Å². The molecule has 0 radical (unpaired) electrons. The van der Waals surface area contributed by atoms with Crippen LogP contribution in [-0.2, 0) is 0 Å². The number of hydrogen-bond acceptors (Lipinski definition) is 4. The van der Waals surface area contributed by atoms with Crippen LogP contribution in [0.2, 0.25) is 0 Å². The van der Waals surface area contributed by atoms with Crippen LogP contribution in [0.1, 0.15) is 35.9 Å². The molecule has 0 bridgehead atoms. The van der Waals surface area contributed by atoms with E-state index in [-0.39, 0.29) is 12.1 Å². The number of carbonyl (C=O) groups is 1. The normalized spacial score (nSPS) is 18.0. The number of aromatic amines is 1. The van der Waals surface area contributed by atoms with E-state index in [1.54, 1.807) is 11.3 Å². The number of likely N-dealkylation sites (tertiary alicyclic amines) is 1. The molecule has 1 aliphatic heterocycles. The summed E-state index contributed by atoms with van der Waals surface area (Å²) >= 11 is 1.64. The van der Waals surface area contributed by atoms with Crippen molar-refractivity contribution in [1.29, 1.82) is 0 Å². The Hall–Kier alpha value is -2.41. The van der Waals surface area contributed by atoms with Gasteiger partial charge in [-0.3, -0.25) is 5.10 Å². The van der Waals surface area contributed by atoms with Gasteiger partial charge in [0.15, 0.2) is 0 Å². The number of H-pyrrole nitrogens is 1. The lowest BCUT2D eigenvalue weighted by Crippen LogP contribution is -2.41. The highest BCUT2D eigenvalue weighted by molar-refractivity contribution is 7.18. The van der Waals surface area contributed by atoms with Crippen LogP contribution in [0.5, 0.6) is 0 Å². The van der Waals surface area contributed by atoms with Gasteiger partial charge in [0.2, 0.25) is 0 Å². The molecule has 124 valence electrons. The maximum atomic E-state index is 12.8. The smallest absolute Gasteiger partial charge is 0.317 e. The average Bonchev–Trinajstić information content (AvgIpc) is 3.23. The van der Waals surface area contributed by atoms with Gasteiger partial charge in [0, 0.05) is 24.0 Å². The number of hydrogen-bond donors (Lipinski definition) is 2. The van der Waals surface area contributed by atoms with Crippen molar-refractivity contribution in [3.05, 3.63) is 41.2 Å². The maximum absolute atomic E-state index is 12.8. The number of benzene rings is 1. The van der Waals surface area contributed by atoms with E-state index in [1.807, 2.05) is 42.4 Å². The molecule has 1 aliphatic rings.